The van der Waals surface area contributed by atoms with Gasteiger partial charge in [0.1, 0.15) is 5.75 Å². The molecule has 0 radical (unpaired) electrons. The van der Waals surface area contributed by atoms with Crippen molar-refractivity contribution in [2.45, 2.75) is 46.6 Å². The summed E-state index contributed by atoms with van der Waals surface area (Å²) in [6, 6.07) is 9.47. The highest BCUT2D eigenvalue weighted by atomic mass is 31.2. The number of rotatable bonds is 6. The lowest BCUT2D eigenvalue weighted by atomic mass is 9.92. The second kappa shape index (κ2) is 7.71. The van der Waals surface area contributed by atoms with Crippen LogP contribution in [0.25, 0.3) is 0 Å². The van der Waals surface area contributed by atoms with Crippen molar-refractivity contribution < 1.29 is 24.0 Å². The molecular formula is C19H25O5P. The number of phosphoric ester groups is 1. The Balaban J connectivity index is 2.26. The zero-order valence-corrected chi connectivity index (χ0v) is 15.9. The molecule has 0 aromatic heterocycles. The van der Waals surface area contributed by atoms with E-state index in [1.54, 1.807) is 6.07 Å². The summed E-state index contributed by atoms with van der Waals surface area (Å²) in [6.07, 6.45) is 0.733. The fraction of sp³-hybridized carbons (Fsp3) is 0.368. The normalized spacial score (nSPS) is 12.0. The third-order valence-corrected chi connectivity index (χ3v) is 4.72. The number of aryl methyl sites for hydroxylation is 2. The summed E-state index contributed by atoms with van der Waals surface area (Å²) < 4.78 is 15.4. The predicted molar refractivity (Wildman–Crippen MR) is 97.8 cm³/mol. The number of benzene rings is 2. The van der Waals surface area contributed by atoms with E-state index in [4.69, 9.17) is 9.79 Å². The molecule has 6 heteroatoms. The number of hydrogen-bond donors (Lipinski definition) is 3. The van der Waals surface area contributed by atoms with E-state index in [0.29, 0.717) is 5.75 Å². The van der Waals surface area contributed by atoms with Gasteiger partial charge in [0, 0.05) is 0 Å². The van der Waals surface area contributed by atoms with Crippen LogP contribution < -0.4 is 0 Å². The van der Waals surface area contributed by atoms with Gasteiger partial charge in [0.2, 0.25) is 0 Å². The molecule has 2 rings (SSSR count). The smallest absolute Gasteiger partial charge is 0.469 e. The maximum atomic E-state index is 10.8. The Kier molecular flexibility index (Phi) is 6.07. The largest absolute Gasteiger partial charge is 0.508 e. The highest BCUT2D eigenvalue weighted by molar-refractivity contribution is 7.46. The summed E-state index contributed by atoms with van der Waals surface area (Å²) in [5.41, 5.74) is 6.04. The van der Waals surface area contributed by atoms with Crippen molar-refractivity contribution in [3.05, 3.63) is 63.7 Å². The van der Waals surface area contributed by atoms with Gasteiger partial charge in [-0.15, -0.1) is 0 Å². The average Bonchev–Trinajstić information content (AvgIpc) is 2.49. The van der Waals surface area contributed by atoms with Crippen LogP contribution in [0.2, 0.25) is 0 Å². The number of phosphoric acid groups is 1. The van der Waals surface area contributed by atoms with Gasteiger partial charge in [-0.2, -0.15) is 0 Å². The van der Waals surface area contributed by atoms with Gasteiger partial charge < -0.3 is 14.9 Å². The Morgan fingerprint density at radius 2 is 1.64 bits per heavy atom. The summed E-state index contributed by atoms with van der Waals surface area (Å²) in [4.78, 5) is 17.7. The molecule has 0 aliphatic carbocycles. The Morgan fingerprint density at radius 1 is 1.04 bits per heavy atom. The van der Waals surface area contributed by atoms with E-state index in [0.717, 1.165) is 34.2 Å². The second-order valence-corrected chi connectivity index (χ2v) is 7.94. The molecule has 0 unspecified atom stereocenters. The van der Waals surface area contributed by atoms with Crippen LogP contribution in [0.3, 0.4) is 0 Å². The molecule has 0 fully saturated rings. The predicted octanol–water partition coefficient (Wildman–Crippen LogP) is 4.33. The minimum atomic E-state index is -4.47. The molecule has 5 nitrogen and oxygen atoms in total. The lowest BCUT2D eigenvalue weighted by molar-refractivity contribution is 0.189. The fourth-order valence-corrected chi connectivity index (χ4v) is 3.30. The molecule has 2 aromatic carbocycles. The molecular weight excluding hydrogens is 339 g/mol. The molecule has 2 aromatic rings. The summed E-state index contributed by atoms with van der Waals surface area (Å²) >= 11 is 0. The average molecular weight is 364 g/mol. The van der Waals surface area contributed by atoms with Gasteiger partial charge in [0.05, 0.1) is 6.61 Å². The van der Waals surface area contributed by atoms with Crippen LogP contribution in [-0.2, 0) is 22.1 Å². The van der Waals surface area contributed by atoms with E-state index in [9.17, 15) is 9.67 Å². The molecule has 0 saturated heterocycles. The minimum Gasteiger partial charge on any atom is -0.508 e. The van der Waals surface area contributed by atoms with Gasteiger partial charge >= 0.3 is 7.82 Å². The monoisotopic (exact) mass is 364 g/mol. The van der Waals surface area contributed by atoms with Crippen LogP contribution in [0, 0.1) is 13.8 Å². The van der Waals surface area contributed by atoms with E-state index in [1.807, 2.05) is 52.0 Å². The number of aromatic hydroxyl groups is 1. The highest BCUT2D eigenvalue weighted by Crippen LogP contribution is 2.37. The maximum absolute atomic E-state index is 10.8. The Morgan fingerprint density at radius 3 is 2.16 bits per heavy atom. The first-order valence-corrected chi connectivity index (χ1v) is 9.70. The zero-order valence-electron chi connectivity index (χ0n) is 15.0. The zero-order chi connectivity index (χ0) is 18.8. The summed E-state index contributed by atoms with van der Waals surface area (Å²) in [5.74, 6) is 0.562. The molecule has 0 aliphatic heterocycles. The van der Waals surface area contributed by atoms with Gasteiger partial charge in [-0.3, -0.25) is 4.52 Å². The van der Waals surface area contributed by atoms with Crippen molar-refractivity contribution in [3.63, 3.8) is 0 Å². The molecule has 0 heterocycles. The molecule has 3 N–H and O–H groups in total. The van der Waals surface area contributed by atoms with Gasteiger partial charge in [-0.25, -0.2) is 4.57 Å². The van der Waals surface area contributed by atoms with Crippen LogP contribution in [0.1, 0.15) is 53.1 Å². The van der Waals surface area contributed by atoms with E-state index in [1.165, 1.54) is 5.56 Å². The maximum Gasteiger partial charge on any atom is 0.469 e. The minimum absolute atomic E-state index is 0.122. The molecule has 0 bridgehead atoms. The fourth-order valence-electron chi connectivity index (χ4n) is 2.98. The highest BCUT2D eigenvalue weighted by Gasteiger charge is 2.15. The molecule has 25 heavy (non-hydrogen) atoms. The standard InChI is InChI=1S/C19H25O5P/c1-12(2)17-9-15(5-6-19(17)20)10-18-13(3)7-16(8-14(18)4)11-24-25(21,22)23/h5-9,12,20H,10-11H2,1-4H3,(H2,21,22,23). The van der Waals surface area contributed by atoms with Crippen LogP contribution in [-0.4, -0.2) is 14.9 Å². The van der Waals surface area contributed by atoms with Gasteiger partial charge in [-0.1, -0.05) is 38.1 Å². The van der Waals surface area contributed by atoms with Crippen LogP contribution in [0.4, 0.5) is 0 Å². The SMILES string of the molecule is Cc1cc(COP(=O)(O)O)cc(C)c1Cc1ccc(O)c(C(C)C)c1. The third kappa shape index (κ3) is 5.41. The quantitative estimate of drug-likeness (QED) is 0.664. The number of hydrogen-bond acceptors (Lipinski definition) is 3. The second-order valence-electron chi connectivity index (χ2n) is 6.70. The molecule has 0 amide bonds. The van der Waals surface area contributed by atoms with Crippen LogP contribution in [0.5, 0.6) is 5.75 Å². The molecule has 0 saturated carbocycles. The van der Waals surface area contributed by atoms with E-state index < -0.39 is 7.82 Å². The number of phenols is 1. The lowest BCUT2D eigenvalue weighted by Crippen LogP contribution is -2.00. The first kappa shape index (κ1) is 19.7. The van der Waals surface area contributed by atoms with Gasteiger partial charge in [0.15, 0.2) is 0 Å². The van der Waals surface area contributed by atoms with Crippen molar-refractivity contribution in [1.29, 1.82) is 0 Å². The van der Waals surface area contributed by atoms with Crippen LogP contribution >= 0.6 is 7.82 Å². The topological polar surface area (TPSA) is 87.0 Å². The van der Waals surface area contributed by atoms with Crippen molar-refractivity contribution in [1.82, 2.24) is 0 Å². The van der Waals surface area contributed by atoms with Crippen molar-refractivity contribution in [2.75, 3.05) is 0 Å². The van der Waals surface area contributed by atoms with Crippen molar-refractivity contribution in [3.8, 4) is 5.75 Å². The van der Waals surface area contributed by atoms with Crippen molar-refractivity contribution in [2.24, 2.45) is 0 Å². The third-order valence-electron chi connectivity index (χ3n) is 4.25. The van der Waals surface area contributed by atoms with Crippen LogP contribution in [0.15, 0.2) is 30.3 Å². The molecule has 0 atom stereocenters. The van der Waals surface area contributed by atoms with Crippen molar-refractivity contribution >= 4 is 7.82 Å². The molecule has 0 aliphatic rings. The molecule has 0 spiro atoms. The van der Waals surface area contributed by atoms with E-state index in [2.05, 4.69) is 4.52 Å². The molecule has 136 valence electrons. The van der Waals surface area contributed by atoms with E-state index in [-0.39, 0.29) is 12.5 Å². The Labute approximate surface area is 148 Å². The van der Waals surface area contributed by atoms with Gasteiger partial charge in [0.25, 0.3) is 0 Å². The summed E-state index contributed by atoms with van der Waals surface area (Å²) in [5, 5.41) is 9.96. The summed E-state index contributed by atoms with van der Waals surface area (Å²) in [7, 11) is -4.47. The Bertz CT molecular complexity index is 784. The first-order chi connectivity index (χ1) is 11.6. The summed E-state index contributed by atoms with van der Waals surface area (Å²) in [6.45, 7) is 7.93. The Hall–Kier alpha value is -1.65. The van der Waals surface area contributed by atoms with E-state index >= 15 is 0 Å². The number of phenolic OH excluding ortho intramolecular Hbond substituents is 1. The lowest BCUT2D eigenvalue weighted by Gasteiger charge is -2.15. The first-order valence-electron chi connectivity index (χ1n) is 8.17. The van der Waals surface area contributed by atoms with Gasteiger partial charge in [-0.05, 0) is 65.6 Å².